The Morgan fingerprint density at radius 1 is 1.25 bits per heavy atom. The number of likely N-dealkylation sites (tertiary alicyclic amines) is 1. The molecule has 0 amide bonds. The molecule has 2 aliphatic rings. The molecular formula is C18H28N2O3S. The number of hydrogen-bond acceptors (Lipinski definition) is 4. The molecule has 0 aromatic heterocycles. The molecule has 1 spiro atoms. The fourth-order valence-electron chi connectivity index (χ4n) is 3.85. The second kappa shape index (κ2) is 7.02. The van der Waals surface area contributed by atoms with E-state index < -0.39 is 10.0 Å². The van der Waals surface area contributed by atoms with E-state index in [1.54, 1.807) is 0 Å². The van der Waals surface area contributed by atoms with Crippen molar-refractivity contribution in [1.29, 1.82) is 0 Å². The lowest BCUT2D eigenvalue weighted by Crippen LogP contribution is -2.52. The van der Waals surface area contributed by atoms with Gasteiger partial charge in [-0.05, 0) is 31.9 Å². The van der Waals surface area contributed by atoms with Crippen molar-refractivity contribution in [2.45, 2.75) is 51.2 Å². The summed E-state index contributed by atoms with van der Waals surface area (Å²) in [7, 11) is -3.26. The molecule has 5 nitrogen and oxygen atoms in total. The van der Waals surface area contributed by atoms with Crippen molar-refractivity contribution in [3.63, 3.8) is 0 Å². The zero-order chi connectivity index (χ0) is 17.2. The highest BCUT2D eigenvalue weighted by molar-refractivity contribution is 7.89. The van der Waals surface area contributed by atoms with Gasteiger partial charge >= 0.3 is 0 Å². The van der Waals surface area contributed by atoms with E-state index in [2.05, 4.69) is 16.5 Å². The summed E-state index contributed by atoms with van der Waals surface area (Å²) >= 11 is 0. The van der Waals surface area contributed by atoms with Gasteiger partial charge in [-0.15, -0.1) is 0 Å². The molecule has 1 saturated heterocycles. The Hall–Kier alpha value is -1.11. The molecule has 2 aliphatic heterocycles. The van der Waals surface area contributed by atoms with Crippen molar-refractivity contribution in [2.75, 3.05) is 25.4 Å². The quantitative estimate of drug-likeness (QED) is 0.885. The van der Waals surface area contributed by atoms with Gasteiger partial charge in [0.2, 0.25) is 10.0 Å². The first-order valence-corrected chi connectivity index (χ1v) is 10.6. The van der Waals surface area contributed by atoms with Crippen molar-refractivity contribution < 1.29 is 13.2 Å². The topological polar surface area (TPSA) is 58.6 Å². The van der Waals surface area contributed by atoms with E-state index in [0.29, 0.717) is 12.8 Å². The molecular weight excluding hydrogens is 324 g/mol. The summed E-state index contributed by atoms with van der Waals surface area (Å²) in [5.74, 6) is 1.00. The van der Waals surface area contributed by atoms with Crippen LogP contribution < -0.4 is 9.46 Å². The molecule has 0 unspecified atom stereocenters. The number of hydrogen-bond donors (Lipinski definition) is 1. The first-order valence-electron chi connectivity index (χ1n) is 8.97. The third kappa shape index (κ3) is 3.76. The van der Waals surface area contributed by atoms with Crippen LogP contribution in [-0.2, 0) is 10.0 Å². The zero-order valence-electron chi connectivity index (χ0n) is 14.6. The average Bonchev–Trinajstić information content (AvgIpc) is 2.55. The molecule has 1 atom stereocenters. The molecule has 1 N–H and O–H groups in total. The van der Waals surface area contributed by atoms with Crippen LogP contribution in [0.1, 0.15) is 51.1 Å². The van der Waals surface area contributed by atoms with E-state index >= 15 is 0 Å². The number of para-hydroxylation sites is 1. The number of nitrogens with one attached hydrogen (secondary N) is 1. The number of sulfonamides is 1. The van der Waals surface area contributed by atoms with E-state index in [-0.39, 0.29) is 17.4 Å². The van der Waals surface area contributed by atoms with Crippen molar-refractivity contribution in [1.82, 2.24) is 9.62 Å². The highest BCUT2D eigenvalue weighted by Gasteiger charge is 2.43. The summed E-state index contributed by atoms with van der Waals surface area (Å²) in [6, 6.07) is 7.64. The molecule has 0 aliphatic carbocycles. The summed E-state index contributed by atoms with van der Waals surface area (Å²) in [5, 5.41) is 0. The lowest BCUT2D eigenvalue weighted by Gasteiger charge is -2.46. The highest BCUT2D eigenvalue weighted by Crippen LogP contribution is 2.44. The zero-order valence-corrected chi connectivity index (χ0v) is 15.4. The third-order valence-electron chi connectivity index (χ3n) is 5.21. The molecule has 1 aromatic carbocycles. The van der Waals surface area contributed by atoms with Gasteiger partial charge in [-0.25, -0.2) is 13.1 Å². The molecule has 0 saturated carbocycles. The van der Waals surface area contributed by atoms with Crippen LogP contribution in [0.25, 0.3) is 0 Å². The van der Waals surface area contributed by atoms with Gasteiger partial charge in [0.25, 0.3) is 0 Å². The fourth-order valence-corrected chi connectivity index (χ4v) is 5.15. The summed E-state index contributed by atoms with van der Waals surface area (Å²) in [4.78, 5) is 2.42. The van der Waals surface area contributed by atoms with Crippen LogP contribution in [0.2, 0.25) is 0 Å². The molecule has 24 heavy (non-hydrogen) atoms. The lowest BCUT2D eigenvalue weighted by molar-refractivity contribution is -0.0220. The predicted octanol–water partition coefficient (Wildman–Crippen LogP) is 2.69. The number of ether oxygens (including phenoxy) is 1. The Kier molecular flexibility index (Phi) is 5.18. The minimum atomic E-state index is -3.26. The van der Waals surface area contributed by atoms with E-state index in [0.717, 1.165) is 43.8 Å². The number of piperidine rings is 1. The number of benzene rings is 1. The Morgan fingerprint density at radius 2 is 1.96 bits per heavy atom. The van der Waals surface area contributed by atoms with Crippen LogP contribution in [0.15, 0.2) is 24.3 Å². The minimum Gasteiger partial charge on any atom is -0.487 e. The molecule has 0 bridgehead atoms. The van der Waals surface area contributed by atoms with Crippen LogP contribution in [0.4, 0.5) is 0 Å². The number of rotatable bonds is 5. The maximum absolute atomic E-state index is 12.3. The van der Waals surface area contributed by atoms with Crippen molar-refractivity contribution >= 4 is 10.0 Å². The Labute approximate surface area is 145 Å². The van der Waals surface area contributed by atoms with E-state index in [9.17, 15) is 8.42 Å². The van der Waals surface area contributed by atoms with Crippen molar-refractivity contribution in [3.05, 3.63) is 29.8 Å². The largest absolute Gasteiger partial charge is 0.487 e. The van der Waals surface area contributed by atoms with E-state index in [4.69, 9.17) is 4.74 Å². The van der Waals surface area contributed by atoms with Crippen molar-refractivity contribution in [2.24, 2.45) is 0 Å². The summed E-state index contributed by atoms with van der Waals surface area (Å²) in [6.07, 6.45) is 3.23. The van der Waals surface area contributed by atoms with E-state index in [1.165, 1.54) is 0 Å². The smallest absolute Gasteiger partial charge is 0.212 e. The summed E-state index contributed by atoms with van der Waals surface area (Å²) < 4.78 is 34.0. The molecule has 1 aromatic rings. The minimum absolute atomic E-state index is 0.170. The van der Waals surface area contributed by atoms with Crippen LogP contribution in [-0.4, -0.2) is 44.3 Å². The molecule has 6 heteroatoms. The molecule has 3 rings (SSSR count). The third-order valence-corrected chi connectivity index (χ3v) is 6.80. The monoisotopic (exact) mass is 352 g/mol. The fraction of sp³-hybridized carbons (Fsp3) is 0.667. The summed E-state index contributed by atoms with van der Waals surface area (Å²) in [6.45, 7) is 7.13. The molecule has 134 valence electrons. The predicted molar refractivity (Wildman–Crippen MR) is 95.7 cm³/mol. The highest BCUT2D eigenvalue weighted by atomic mass is 32.2. The first-order chi connectivity index (χ1) is 11.5. The second-order valence-corrected chi connectivity index (χ2v) is 8.82. The Morgan fingerprint density at radius 3 is 2.62 bits per heavy atom. The Bertz CT molecular complexity index is 667. The number of fused-ring (bicyclic) bond motifs is 1. The van der Waals surface area contributed by atoms with Gasteiger partial charge in [0.1, 0.15) is 11.4 Å². The van der Waals surface area contributed by atoms with Crippen LogP contribution in [0.3, 0.4) is 0 Å². The first kappa shape index (κ1) is 17.7. The van der Waals surface area contributed by atoms with Gasteiger partial charge in [-0.2, -0.15) is 0 Å². The van der Waals surface area contributed by atoms with Gasteiger partial charge < -0.3 is 9.64 Å². The lowest BCUT2D eigenvalue weighted by atomic mass is 9.81. The summed E-state index contributed by atoms with van der Waals surface area (Å²) in [5.41, 5.74) is 0.708. The van der Waals surface area contributed by atoms with Crippen LogP contribution in [0, 0.1) is 0 Å². The standard InChI is InChI=1S/C18H28N2O3S/c1-3-13-24(21,22)19-16-14-18(9-11-20(4-2)12-10-18)23-17-8-6-5-7-15(16)17/h5-8,16,19H,3-4,9-14H2,1-2H3/t16-/m0/s1. The maximum atomic E-state index is 12.3. The van der Waals surface area contributed by atoms with Crippen LogP contribution >= 0.6 is 0 Å². The Balaban J connectivity index is 1.85. The SMILES string of the molecule is CCCS(=O)(=O)N[C@H]1CC2(CCN(CC)CC2)Oc2ccccc21. The molecule has 0 radical (unpaired) electrons. The van der Waals surface area contributed by atoms with Gasteiger partial charge in [-0.1, -0.05) is 32.0 Å². The normalized spacial score (nSPS) is 23.7. The van der Waals surface area contributed by atoms with Gasteiger partial charge in [0.15, 0.2) is 0 Å². The maximum Gasteiger partial charge on any atom is 0.212 e. The van der Waals surface area contributed by atoms with Crippen LogP contribution in [0.5, 0.6) is 5.75 Å². The van der Waals surface area contributed by atoms with Gasteiger partial charge in [0, 0.05) is 25.1 Å². The van der Waals surface area contributed by atoms with Gasteiger partial charge in [-0.3, -0.25) is 0 Å². The second-order valence-electron chi connectivity index (χ2n) is 6.95. The van der Waals surface area contributed by atoms with Crippen molar-refractivity contribution in [3.8, 4) is 5.75 Å². The molecule has 1 fully saturated rings. The average molecular weight is 353 g/mol. The van der Waals surface area contributed by atoms with E-state index in [1.807, 2.05) is 31.2 Å². The number of nitrogens with zero attached hydrogens (tertiary/aromatic N) is 1. The molecule has 2 heterocycles. The van der Waals surface area contributed by atoms with Gasteiger partial charge in [0.05, 0.1) is 11.8 Å².